The first kappa shape index (κ1) is 17.0. The molecule has 0 bridgehead atoms. The van der Waals surface area contributed by atoms with E-state index in [1.165, 1.54) is 18.4 Å². The van der Waals surface area contributed by atoms with Crippen molar-refractivity contribution in [1.82, 2.24) is 0 Å². The molecule has 0 atom stereocenters. The Labute approximate surface area is 112 Å². The molecule has 0 spiro atoms. The van der Waals surface area contributed by atoms with Gasteiger partial charge in [0.05, 0.1) is 6.61 Å². The van der Waals surface area contributed by atoms with Gasteiger partial charge < -0.3 is 9.84 Å². The second-order valence-electron chi connectivity index (χ2n) is 4.73. The third-order valence-corrected chi connectivity index (χ3v) is 2.87. The first-order valence-corrected chi connectivity index (χ1v) is 6.94. The number of aliphatic hydroxyl groups is 1. The number of hydrogen-bond acceptors (Lipinski definition) is 2. The van der Waals surface area contributed by atoms with Gasteiger partial charge in [-0.3, -0.25) is 0 Å². The van der Waals surface area contributed by atoms with Crippen LogP contribution in [0.2, 0.25) is 0 Å². The smallest absolute Gasteiger partial charge is 0.119 e. The number of hydrogen-bond donors (Lipinski definition) is 1. The predicted molar refractivity (Wildman–Crippen MR) is 78.3 cm³/mol. The summed E-state index contributed by atoms with van der Waals surface area (Å²) in [6.07, 6.45) is 2.37. The average Bonchev–Trinajstić information content (AvgIpc) is 2.39. The Morgan fingerprint density at radius 2 is 1.67 bits per heavy atom. The largest absolute Gasteiger partial charge is 0.491 e. The zero-order chi connectivity index (χ0) is 14.0. The lowest BCUT2D eigenvalue weighted by Gasteiger charge is -2.24. The predicted octanol–water partition coefficient (Wildman–Crippen LogP) is 4.16. The van der Waals surface area contributed by atoms with Gasteiger partial charge in [-0.15, -0.1) is 0 Å². The highest BCUT2D eigenvalue weighted by Gasteiger charge is 2.18. The van der Waals surface area contributed by atoms with Gasteiger partial charge in [0.2, 0.25) is 0 Å². The summed E-state index contributed by atoms with van der Waals surface area (Å²) in [5.41, 5.74) is 1.57. The van der Waals surface area contributed by atoms with E-state index in [1.54, 1.807) is 0 Å². The van der Waals surface area contributed by atoms with Crippen LogP contribution in [0.1, 0.15) is 53.0 Å². The van der Waals surface area contributed by atoms with Crippen molar-refractivity contribution in [3.05, 3.63) is 29.8 Å². The fourth-order valence-electron chi connectivity index (χ4n) is 1.94. The summed E-state index contributed by atoms with van der Waals surface area (Å²) >= 11 is 0. The fraction of sp³-hybridized carbons (Fsp3) is 0.625. The van der Waals surface area contributed by atoms with Crippen LogP contribution in [0.15, 0.2) is 24.3 Å². The van der Waals surface area contributed by atoms with Crippen LogP contribution in [0.4, 0.5) is 0 Å². The van der Waals surface area contributed by atoms with Crippen molar-refractivity contribution in [3.8, 4) is 5.75 Å². The molecular weight excluding hydrogens is 224 g/mol. The Morgan fingerprint density at radius 1 is 1.11 bits per heavy atom. The van der Waals surface area contributed by atoms with Crippen LogP contribution in [0.25, 0.3) is 0 Å². The molecule has 0 saturated carbocycles. The number of rotatable bonds is 6. The van der Waals surface area contributed by atoms with Crippen molar-refractivity contribution >= 4 is 0 Å². The molecule has 1 aromatic rings. The van der Waals surface area contributed by atoms with Crippen LogP contribution < -0.4 is 4.74 Å². The maximum absolute atomic E-state index is 8.66. The summed E-state index contributed by atoms with van der Waals surface area (Å²) in [6, 6.07) is 8.18. The molecule has 0 aliphatic carbocycles. The van der Waals surface area contributed by atoms with E-state index < -0.39 is 0 Å². The third kappa shape index (κ3) is 5.54. The van der Waals surface area contributed by atoms with Gasteiger partial charge in [-0.25, -0.2) is 0 Å². The highest BCUT2D eigenvalue weighted by atomic mass is 16.5. The van der Waals surface area contributed by atoms with E-state index in [0.717, 1.165) is 5.75 Å². The number of benzene rings is 1. The molecule has 2 heteroatoms. The summed E-state index contributed by atoms with van der Waals surface area (Å²) in [6.45, 7) is 11.2. The maximum atomic E-state index is 8.66. The minimum absolute atomic E-state index is 0.0586. The van der Waals surface area contributed by atoms with E-state index in [4.69, 9.17) is 9.84 Å². The molecule has 0 radical (unpaired) electrons. The molecule has 1 aromatic carbocycles. The van der Waals surface area contributed by atoms with Gasteiger partial charge in [0.1, 0.15) is 12.4 Å². The van der Waals surface area contributed by atoms with Crippen LogP contribution in [0.5, 0.6) is 5.75 Å². The second-order valence-corrected chi connectivity index (χ2v) is 4.73. The molecule has 0 heterocycles. The van der Waals surface area contributed by atoms with Crippen molar-refractivity contribution in [2.75, 3.05) is 13.2 Å². The lowest BCUT2D eigenvalue weighted by molar-refractivity contribution is 0.201. The Morgan fingerprint density at radius 3 is 2.11 bits per heavy atom. The minimum Gasteiger partial charge on any atom is -0.491 e. The van der Waals surface area contributed by atoms with E-state index in [0.29, 0.717) is 6.61 Å². The summed E-state index contributed by atoms with van der Waals surface area (Å²) in [4.78, 5) is 0. The highest BCUT2D eigenvalue weighted by Crippen LogP contribution is 2.29. The molecule has 104 valence electrons. The van der Waals surface area contributed by atoms with E-state index in [1.807, 2.05) is 26.0 Å². The molecule has 0 amide bonds. The van der Waals surface area contributed by atoms with E-state index in [2.05, 4.69) is 32.9 Å². The van der Waals surface area contributed by atoms with Crippen molar-refractivity contribution in [2.45, 2.75) is 52.9 Å². The van der Waals surface area contributed by atoms with Gasteiger partial charge in [-0.1, -0.05) is 53.2 Å². The molecular formula is C16H28O2. The first-order valence-electron chi connectivity index (χ1n) is 6.94. The van der Waals surface area contributed by atoms with Crippen LogP contribution in [-0.2, 0) is 5.41 Å². The minimum atomic E-state index is 0.0586. The van der Waals surface area contributed by atoms with E-state index >= 15 is 0 Å². The maximum Gasteiger partial charge on any atom is 0.119 e. The molecule has 1 N–H and O–H groups in total. The molecule has 2 nitrogen and oxygen atoms in total. The first-order chi connectivity index (χ1) is 8.60. The van der Waals surface area contributed by atoms with E-state index in [9.17, 15) is 0 Å². The van der Waals surface area contributed by atoms with Crippen LogP contribution in [0, 0.1) is 0 Å². The molecule has 0 unspecified atom stereocenters. The number of ether oxygens (including phenoxy) is 1. The highest BCUT2D eigenvalue weighted by molar-refractivity contribution is 5.31. The van der Waals surface area contributed by atoms with Crippen molar-refractivity contribution in [2.24, 2.45) is 0 Å². The van der Waals surface area contributed by atoms with Crippen LogP contribution in [-0.4, -0.2) is 18.3 Å². The van der Waals surface area contributed by atoms with Gasteiger partial charge in [-0.05, 0) is 29.5 Å². The molecule has 1 rings (SSSR count). The van der Waals surface area contributed by atoms with Crippen molar-refractivity contribution < 1.29 is 9.84 Å². The van der Waals surface area contributed by atoms with Crippen LogP contribution >= 0.6 is 0 Å². The van der Waals surface area contributed by atoms with Crippen molar-refractivity contribution in [3.63, 3.8) is 0 Å². The quantitative estimate of drug-likeness (QED) is 0.823. The zero-order valence-corrected chi connectivity index (χ0v) is 12.5. The Kier molecular flexibility index (Phi) is 8.47. The standard InChI is InChI=1S/C14H22O2.C2H6/c1-4-9-14(2,3)12-5-7-13(8-6-12)16-11-10-15;1-2/h5-8,15H,4,9-11H2,1-3H3;1-2H3. The fourth-order valence-corrected chi connectivity index (χ4v) is 1.94. The summed E-state index contributed by atoms with van der Waals surface area (Å²) in [5.74, 6) is 0.824. The Hall–Kier alpha value is -1.02. The molecule has 0 saturated heterocycles. The summed E-state index contributed by atoms with van der Waals surface area (Å²) in [7, 11) is 0. The number of aliphatic hydroxyl groups excluding tert-OH is 1. The Balaban J connectivity index is 0.00000137. The normalized spacial score (nSPS) is 10.6. The SMILES string of the molecule is CC.CCCC(C)(C)c1ccc(OCCO)cc1. The molecule has 18 heavy (non-hydrogen) atoms. The molecule has 0 aromatic heterocycles. The Bertz CT molecular complexity index is 301. The van der Waals surface area contributed by atoms with Gasteiger partial charge in [0, 0.05) is 0 Å². The van der Waals surface area contributed by atoms with Gasteiger partial charge in [0.25, 0.3) is 0 Å². The lowest BCUT2D eigenvalue weighted by atomic mass is 9.81. The lowest BCUT2D eigenvalue weighted by Crippen LogP contribution is -2.16. The topological polar surface area (TPSA) is 29.5 Å². The molecule has 0 aliphatic rings. The monoisotopic (exact) mass is 252 g/mol. The third-order valence-electron chi connectivity index (χ3n) is 2.87. The molecule has 0 aliphatic heterocycles. The van der Waals surface area contributed by atoms with Gasteiger partial charge >= 0.3 is 0 Å². The summed E-state index contributed by atoms with van der Waals surface area (Å²) in [5, 5.41) is 8.66. The average molecular weight is 252 g/mol. The zero-order valence-electron chi connectivity index (χ0n) is 12.5. The summed E-state index contributed by atoms with van der Waals surface area (Å²) < 4.78 is 5.33. The molecule has 0 fully saturated rings. The van der Waals surface area contributed by atoms with Gasteiger partial charge in [0.15, 0.2) is 0 Å². The second kappa shape index (κ2) is 8.98. The van der Waals surface area contributed by atoms with Crippen molar-refractivity contribution in [1.29, 1.82) is 0 Å². The van der Waals surface area contributed by atoms with E-state index in [-0.39, 0.29) is 12.0 Å². The van der Waals surface area contributed by atoms with Gasteiger partial charge in [-0.2, -0.15) is 0 Å². The van der Waals surface area contributed by atoms with Crippen LogP contribution in [0.3, 0.4) is 0 Å².